The van der Waals surface area contributed by atoms with Crippen LogP contribution in [0.2, 0.25) is 0 Å². The topological polar surface area (TPSA) is 29.5 Å². The minimum atomic E-state index is 0.0921. The molecule has 0 N–H and O–H groups in total. The number of rotatable bonds is 3. The number of benzene rings is 2. The second-order valence-corrected chi connectivity index (χ2v) is 5.85. The molecule has 0 radical (unpaired) electrons. The van der Waals surface area contributed by atoms with Gasteiger partial charge in [-0.05, 0) is 30.2 Å². The van der Waals surface area contributed by atoms with Crippen molar-refractivity contribution in [2.75, 3.05) is 19.7 Å². The molecule has 3 heteroatoms. The summed E-state index contributed by atoms with van der Waals surface area (Å²) in [4.78, 5) is 14.2. The average molecular weight is 283 g/mol. The van der Waals surface area contributed by atoms with E-state index in [1.54, 1.807) is 0 Å². The summed E-state index contributed by atoms with van der Waals surface area (Å²) >= 11 is 0. The second-order valence-electron chi connectivity index (χ2n) is 5.85. The van der Waals surface area contributed by atoms with Gasteiger partial charge in [-0.1, -0.05) is 43.3 Å². The normalized spacial score (nSPS) is 18.7. The van der Waals surface area contributed by atoms with Gasteiger partial charge >= 0.3 is 0 Å². The van der Waals surface area contributed by atoms with Crippen LogP contribution in [-0.4, -0.2) is 30.5 Å². The molecule has 1 saturated heterocycles. The smallest absolute Gasteiger partial charge is 0.260 e. The molecule has 1 aliphatic rings. The number of carbonyl (C=O) groups excluding carboxylic acids is 1. The van der Waals surface area contributed by atoms with Crippen molar-refractivity contribution in [3.63, 3.8) is 0 Å². The number of amides is 1. The maximum absolute atomic E-state index is 12.3. The van der Waals surface area contributed by atoms with Gasteiger partial charge in [0.1, 0.15) is 5.75 Å². The fourth-order valence-electron chi connectivity index (χ4n) is 2.97. The Labute approximate surface area is 125 Å². The molecule has 3 nitrogen and oxygen atoms in total. The number of likely N-dealkylation sites (tertiary alicyclic amines) is 1. The third-order valence-electron chi connectivity index (χ3n) is 4.11. The highest BCUT2D eigenvalue weighted by Gasteiger charge is 2.21. The minimum absolute atomic E-state index is 0.0921. The predicted molar refractivity (Wildman–Crippen MR) is 84.4 cm³/mol. The van der Waals surface area contributed by atoms with Crippen LogP contribution in [0.5, 0.6) is 5.75 Å². The summed E-state index contributed by atoms with van der Waals surface area (Å²) in [6.07, 6.45) is 2.31. The fourth-order valence-corrected chi connectivity index (χ4v) is 2.97. The van der Waals surface area contributed by atoms with Gasteiger partial charge in [-0.25, -0.2) is 0 Å². The number of ether oxygens (including phenoxy) is 1. The van der Waals surface area contributed by atoms with E-state index in [9.17, 15) is 4.79 Å². The largest absolute Gasteiger partial charge is 0.483 e. The van der Waals surface area contributed by atoms with Crippen LogP contribution in [0.4, 0.5) is 0 Å². The van der Waals surface area contributed by atoms with Gasteiger partial charge in [-0.15, -0.1) is 0 Å². The summed E-state index contributed by atoms with van der Waals surface area (Å²) in [5.74, 6) is 1.47. The Balaban J connectivity index is 1.67. The van der Waals surface area contributed by atoms with E-state index < -0.39 is 0 Å². The lowest BCUT2D eigenvalue weighted by atomic mass is 10.0. The first-order valence-electron chi connectivity index (χ1n) is 7.62. The predicted octanol–water partition coefficient (Wildman–Crippen LogP) is 3.48. The van der Waals surface area contributed by atoms with Crippen molar-refractivity contribution in [2.24, 2.45) is 5.92 Å². The number of carbonyl (C=O) groups is 1. The Bertz CT molecular complexity index is 633. The van der Waals surface area contributed by atoms with Crippen molar-refractivity contribution in [1.82, 2.24) is 4.90 Å². The molecule has 110 valence electrons. The van der Waals surface area contributed by atoms with Gasteiger partial charge in [-0.2, -0.15) is 0 Å². The maximum atomic E-state index is 12.3. The number of piperidine rings is 1. The fraction of sp³-hybridized carbons (Fsp3) is 0.389. The van der Waals surface area contributed by atoms with Gasteiger partial charge in [0.2, 0.25) is 0 Å². The van der Waals surface area contributed by atoms with E-state index in [-0.39, 0.29) is 12.5 Å². The van der Waals surface area contributed by atoms with Gasteiger partial charge in [0.05, 0.1) is 0 Å². The summed E-state index contributed by atoms with van der Waals surface area (Å²) in [6, 6.07) is 14.0. The molecule has 1 atom stereocenters. The van der Waals surface area contributed by atoms with Gasteiger partial charge in [0.25, 0.3) is 5.91 Å². The van der Waals surface area contributed by atoms with Crippen molar-refractivity contribution >= 4 is 16.7 Å². The van der Waals surface area contributed by atoms with Crippen LogP contribution in [0.1, 0.15) is 19.8 Å². The Morgan fingerprint density at radius 1 is 1.24 bits per heavy atom. The average Bonchev–Trinajstić information content (AvgIpc) is 2.52. The van der Waals surface area contributed by atoms with Gasteiger partial charge in [0.15, 0.2) is 6.61 Å². The summed E-state index contributed by atoms with van der Waals surface area (Å²) in [7, 11) is 0. The molecule has 1 aliphatic heterocycles. The molecule has 21 heavy (non-hydrogen) atoms. The second kappa shape index (κ2) is 6.17. The van der Waals surface area contributed by atoms with Crippen molar-refractivity contribution in [3.05, 3.63) is 42.5 Å². The number of fused-ring (bicyclic) bond motifs is 1. The third-order valence-corrected chi connectivity index (χ3v) is 4.11. The van der Waals surface area contributed by atoms with Crippen molar-refractivity contribution in [1.29, 1.82) is 0 Å². The zero-order valence-corrected chi connectivity index (χ0v) is 12.4. The molecule has 2 aromatic carbocycles. The lowest BCUT2D eigenvalue weighted by molar-refractivity contribution is -0.135. The van der Waals surface area contributed by atoms with Crippen LogP contribution in [0.15, 0.2) is 42.5 Å². The molecule has 0 spiro atoms. The molecule has 0 unspecified atom stereocenters. The van der Waals surface area contributed by atoms with Crippen LogP contribution < -0.4 is 4.74 Å². The van der Waals surface area contributed by atoms with Crippen LogP contribution in [0, 0.1) is 5.92 Å². The molecule has 0 saturated carbocycles. The lowest BCUT2D eigenvalue weighted by Gasteiger charge is -2.30. The highest BCUT2D eigenvalue weighted by Crippen LogP contribution is 2.25. The van der Waals surface area contributed by atoms with E-state index >= 15 is 0 Å². The van der Waals surface area contributed by atoms with E-state index in [0.717, 1.165) is 36.0 Å². The SMILES string of the molecule is C[C@H]1CCCN(C(=O)COc2cccc3ccccc23)C1. The molecular weight excluding hydrogens is 262 g/mol. The Hall–Kier alpha value is -2.03. The molecule has 2 aromatic rings. The molecule has 3 rings (SSSR count). The van der Waals surface area contributed by atoms with Crippen LogP contribution >= 0.6 is 0 Å². The number of hydrogen-bond donors (Lipinski definition) is 0. The molecule has 1 fully saturated rings. The van der Waals surface area contributed by atoms with Crippen molar-refractivity contribution in [2.45, 2.75) is 19.8 Å². The molecule has 0 aliphatic carbocycles. The van der Waals surface area contributed by atoms with Crippen LogP contribution in [0.25, 0.3) is 10.8 Å². The first-order valence-corrected chi connectivity index (χ1v) is 7.62. The monoisotopic (exact) mass is 283 g/mol. The highest BCUT2D eigenvalue weighted by molar-refractivity contribution is 5.88. The van der Waals surface area contributed by atoms with Crippen LogP contribution in [0.3, 0.4) is 0 Å². The van der Waals surface area contributed by atoms with Gasteiger partial charge < -0.3 is 9.64 Å². The first kappa shape index (κ1) is 13.9. The number of nitrogens with zero attached hydrogens (tertiary/aromatic N) is 1. The first-order chi connectivity index (χ1) is 10.2. The summed E-state index contributed by atoms with van der Waals surface area (Å²) in [5.41, 5.74) is 0. The minimum Gasteiger partial charge on any atom is -0.483 e. The molecule has 1 amide bonds. The molecule has 1 heterocycles. The van der Waals surface area contributed by atoms with E-state index in [4.69, 9.17) is 4.74 Å². The molecular formula is C18H21NO2. The van der Waals surface area contributed by atoms with E-state index in [2.05, 4.69) is 19.1 Å². The molecule has 0 bridgehead atoms. The standard InChI is InChI=1S/C18H21NO2/c1-14-6-5-11-19(12-14)18(20)13-21-17-10-4-8-15-7-2-3-9-16(15)17/h2-4,7-10,14H,5-6,11-13H2,1H3/t14-/m0/s1. The van der Waals surface area contributed by atoms with Crippen LogP contribution in [-0.2, 0) is 4.79 Å². The molecule has 0 aromatic heterocycles. The maximum Gasteiger partial charge on any atom is 0.260 e. The zero-order chi connectivity index (χ0) is 14.7. The Morgan fingerprint density at radius 2 is 2.05 bits per heavy atom. The van der Waals surface area contributed by atoms with E-state index in [0.29, 0.717) is 5.92 Å². The van der Waals surface area contributed by atoms with Crippen molar-refractivity contribution < 1.29 is 9.53 Å². The Kier molecular flexibility index (Phi) is 4.09. The highest BCUT2D eigenvalue weighted by atomic mass is 16.5. The third kappa shape index (κ3) is 3.18. The Morgan fingerprint density at radius 3 is 2.90 bits per heavy atom. The van der Waals surface area contributed by atoms with Gasteiger partial charge in [0, 0.05) is 18.5 Å². The summed E-state index contributed by atoms with van der Waals surface area (Å²) in [5, 5.41) is 2.19. The summed E-state index contributed by atoms with van der Waals surface area (Å²) in [6.45, 7) is 4.05. The summed E-state index contributed by atoms with van der Waals surface area (Å²) < 4.78 is 5.78. The van der Waals surface area contributed by atoms with Gasteiger partial charge in [-0.3, -0.25) is 4.79 Å². The lowest BCUT2D eigenvalue weighted by Crippen LogP contribution is -2.41. The van der Waals surface area contributed by atoms with E-state index in [1.807, 2.05) is 35.2 Å². The van der Waals surface area contributed by atoms with E-state index in [1.165, 1.54) is 6.42 Å². The number of hydrogen-bond acceptors (Lipinski definition) is 2. The quantitative estimate of drug-likeness (QED) is 0.863. The van der Waals surface area contributed by atoms with Crippen molar-refractivity contribution in [3.8, 4) is 5.75 Å². The zero-order valence-electron chi connectivity index (χ0n) is 12.4.